The van der Waals surface area contributed by atoms with Gasteiger partial charge >= 0.3 is 12.1 Å². The summed E-state index contributed by atoms with van der Waals surface area (Å²) in [6.45, 7) is 12.1. The maximum atomic E-state index is 13.4. The fraction of sp³-hybridized carbons (Fsp3) is 0.556. The highest BCUT2D eigenvalue weighted by atomic mass is 16.6. The molecular weight excluding hydrogens is 476 g/mol. The molecule has 1 fully saturated rings. The molecule has 37 heavy (non-hydrogen) atoms. The highest BCUT2D eigenvalue weighted by Crippen LogP contribution is 2.38. The van der Waals surface area contributed by atoms with Gasteiger partial charge in [0.05, 0.1) is 23.9 Å². The van der Waals surface area contributed by atoms with Crippen LogP contribution in [0.25, 0.3) is 11.0 Å². The molecule has 1 aromatic heterocycles. The number of aromatic nitrogens is 2. The molecule has 200 valence electrons. The Morgan fingerprint density at radius 1 is 1.14 bits per heavy atom. The number of amides is 1. The molecule has 1 saturated carbocycles. The molecule has 2 N–H and O–H groups in total. The number of benzene rings is 1. The Balaban J connectivity index is 1.86. The normalized spacial score (nSPS) is 15.9. The number of carbonyl (C=O) groups is 4. The van der Waals surface area contributed by atoms with Gasteiger partial charge in [-0.25, -0.2) is 14.8 Å². The van der Waals surface area contributed by atoms with Crippen molar-refractivity contribution < 1.29 is 28.7 Å². The van der Waals surface area contributed by atoms with E-state index in [0.29, 0.717) is 22.5 Å². The minimum absolute atomic E-state index is 0.0369. The molecule has 0 aliphatic heterocycles. The summed E-state index contributed by atoms with van der Waals surface area (Å²) in [5.41, 5.74) is 1.09. The number of fused-ring (bicyclic) bond motifs is 1. The number of carbonyl (C=O) groups excluding carboxylic acids is 4. The minimum Gasteiger partial charge on any atom is -0.465 e. The lowest BCUT2D eigenvalue weighted by molar-refractivity contribution is -0.152. The molecule has 2 atom stereocenters. The van der Waals surface area contributed by atoms with Gasteiger partial charge in [0.1, 0.15) is 22.9 Å². The topological polar surface area (TPSA) is 137 Å². The number of nitrogens with one attached hydrogen (secondary N) is 2. The summed E-state index contributed by atoms with van der Waals surface area (Å²) in [6, 6.07) is 3.97. The summed E-state index contributed by atoms with van der Waals surface area (Å²) >= 11 is 0. The number of nitrogens with zero attached hydrogens (tertiary/aromatic N) is 2. The van der Waals surface area contributed by atoms with Gasteiger partial charge in [0.25, 0.3) is 0 Å². The number of ether oxygens (including phenoxy) is 2. The summed E-state index contributed by atoms with van der Waals surface area (Å²) in [6.07, 6.45) is 0.802. The molecule has 0 saturated heterocycles. The van der Waals surface area contributed by atoms with Crippen LogP contribution < -0.4 is 10.6 Å². The van der Waals surface area contributed by atoms with Crippen molar-refractivity contribution in [1.29, 1.82) is 0 Å². The zero-order chi connectivity index (χ0) is 27.5. The first-order chi connectivity index (χ1) is 17.2. The van der Waals surface area contributed by atoms with E-state index in [4.69, 9.17) is 14.5 Å². The lowest BCUT2D eigenvalue weighted by Gasteiger charge is -2.23. The van der Waals surface area contributed by atoms with Gasteiger partial charge in [-0.05, 0) is 73.4 Å². The van der Waals surface area contributed by atoms with Crippen LogP contribution in [0.5, 0.6) is 0 Å². The van der Waals surface area contributed by atoms with E-state index in [-0.39, 0.29) is 17.7 Å². The first-order valence-electron chi connectivity index (χ1n) is 12.5. The SMILES string of the molecule is CCOC(=O)C(CC(=O)c1cccc2nc(C)c(NC3(C)CC3)nc12)C(=O)[C@H](C)NC(=O)OC(C)(C)C. The van der Waals surface area contributed by atoms with E-state index >= 15 is 0 Å². The summed E-state index contributed by atoms with van der Waals surface area (Å²) < 4.78 is 10.3. The number of aryl methyl sites for hydroxylation is 1. The average molecular weight is 513 g/mol. The van der Waals surface area contributed by atoms with E-state index in [1.54, 1.807) is 45.9 Å². The number of Topliss-reactive ketones (excluding diaryl/α,β-unsaturated/α-hetero) is 2. The zero-order valence-electron chi connectivity index (χ0n) is 22.6. The Bertz CT molecular complexity index is 1220. The quantitative estimate of drug-likeness (QED) is 0.273. The summed E-state index contributed by atoms with van der Waals surface area (Å²) in [7, 11) is 0. The number of para-hydroxylation sites is 1. The van der Waals surface area contributed by atoms with Gasteiger partial charge in [-0.1, -0.05) is 6.07 Å². The van der Waals surface area contributed by atoms with Gasteiger partial charge in [-0.2, -0.15) is 0 Å². The van der Waals surface area contributed by atoms with Crippen molar-refractivity contribution in [1.82, 2.24) is 15.3 Å². The minimum atomic E-state index is -1.41. The van der Waals surface area contributed by atoms with Crippen molar-refractivity contribution in [2.75, 3.05) is 11.9 Å². The van der Waals surface area contributed by atoms with Crippen LogP contribution in [-0.4, -0.2) is 57.4 Å². The molecule has 0 radical (unpaired) electrons. The molecule has 0 spiro atoms. The molecular formula is C27H36N4O6. The molecule has 10 nitrogen and oxygen atoms in total. The van der Waals surface area contributed by atoms with Crippen LogP contribution in [0.15, 0.2) is 18.2 Å². The van der Waals surface area contributed by atoms with E-state index in [1.807, 2.05) is 6.92 Å². The van der Waals surface area contributed by atoms with Crippen LogP contribution in [0.3, 0.4) is 0 Å². The van der Waals surface area contributed by atoms with Gasteiger partial charge in [0.15, 0.2) is 11.6 Å². The third kappa shape index (κ3) is 7.24. The third-order valence-electron chi connectivity index (χ3n) is 6.05. The Labute approximate surface area is 216 Å². The third-order valence-corrected chi connectivity index (χ3v) is 6.05. The maximum absolute atomic E-state index is 13.4. The number of hydrogen-bond acceptors (Lipinski definition) is 9. The molecule has 10 heteroatoms. The summed E-state index contributed by atoms with van der Waals surface area (Å²) in [4.78, 5) is 60.8. The first kappa shape index (κ1) is 28.0. The van der Waals surface area contributed by atoms with Crippen LogP contribution in [0, 0.1) is 12.8 Å². The van der Waals surface area contributed by atoms with Crippen LogP contribution in [0.4, 0.5) is 10.6 Å². The van der Waals surface area contributed by atoms with E-state index in [9.17, 15) is 19.2 Å². The molecule has 3 rings (SSSR count). The number of rotatable bonds is 10. The molecule has 1 heterocycles. The molecule has 1 aliphatic rings. The van der Waals surface area contributed by atoms with Crippen LogP contribution in [0.2, 0.25) is 0 Å². The Kier molecular flexibility index (Phi) is 8.19. The Morgan fingerprint density at radius 2 is 1.81 bits per heavy atom. The van der Waals surface area contributed by atoms with E-state index in [1.165, 1.54) is 6.92 Å². The van der Waals surface area contributed by atoms with Gasteiger partial charge in [-0.15, -0.1) is 0 Å². The van der Waals surface area contributed by atoms with E-state index in [0.717, 1.165) is 12.8 Å². The van der Waals surface area contributed by atoms with Crippen LogP contribution >= 0.6 is 0 Å². The molecule has 1 amide bonds. The van der Waals surface area contributed by atoms with Crippen molar-refractivity contribution in [3.05, 3.63) is 29.5 Å². The number of esters is 1. The highest BCUT2D eigenvalue weighted by molar-refractivity contribution is 6.11. The zero-order valence-corrected chi connectivity index (χ0v) is 22.6. The Morgan fingerprint density at radius 3 is 2.41 bits per heavy atom. The van der Waals surface area contributed by atoms with Crippen molar-refractivity contribution in [2.45, 2.75) is 84.9 Å². The average Bonchev–Trinajstić information content (AvgIpc) is 3.52. The molecule has 1 aliphatic carbocycles. The van der Waals surface area contributed by atoms with Crippen molar-refractivity contribution >= 4 is 40.5 Å². The predicted molar refractivity (Wildman–Crippen MR) is 138 cm³/mol. The lowest BCUT2D eigenvalue weighted by atomic mass is 9.91. The fourth-order valence-electron chi connectivity index (χ4n) is 3.80. The van der Waals surface area contributed by atoms with E-state index in [2.05, 4.69) is 22.5 Å². The standard InChI is InChI=1S/C27H36N4O6/c1-8-36-24(34)18(22(33)15(2)29-25(35)37-26(4,5)6)14-20(32)17-10-9-11-19-21(17)30-23(16(3)28-19)31-27(7)12-13-27/h9-11,15,18H,8,12-14H2,1-7H3,(H,29,35)(H,30,31)/t15-,18?/m0/s1. The molecule has 2 aromatic rings. The van der Waals surface area contributed by atoms with Gasteiger partial charge in [-0.3, -0.25) is 14.4 Å². The smallest absolute Gasteiger partial charge is 0.408 e. The summed E-state index contributed by atoms with van der Waals surface area (Å²) in [5, 5.41) is 5.83. The second-order valence-corrected chi connectivity index (χ2v) is 10.7. The fourth-order valence-corrected chi connectivity index (χ4v) is 3.80. The maximum Gasteiger partial charge on any atom is 0.408 e. The van der Waals surface area contributed by atoms with Crippen molar-refractivity contribution in [3.8, 4) is 0 Å². The lowest BCUT2D eigenvalue weighted by Crippen LogP contribution is -2.46. The molecule has 1 unspecified atom stereocenters. The van der Waals surface area contributed by atoms with Crippen LogP contribution in [-0.2, 0) is 19.1 Å². The largest absolute Gasteiger partial charge is 0.465 e. The number of ketones is 2. The first-order valence-corrected chi connectivity index (χ1v) is 12.5. The van der Waals surface area contributed by atoms with Crippen molar-refractivity contribution in [2.24, 2.45) is 5.92 Å². The number of anilines is 1. The molecule has 1 aromatic carbocycles. The van der Waals surface area contributed by atoms with Crippen LogP contribution in [0.1, 0.15) is 76.9 Å². The summed E-state index contributed by atoms with van der Waals surface area (Å²) in [5.74, 6) is -2.74. The number of hydrogen-bond donors (Lipinski definition) is 2. The second kappa shape index (κ2) is 10.8. The van der Waals surface area contributed by atoms with Gasteiger partial charge in [0.2, 0.25) is 0 Å². The van der Waals surface area contributed by atoms with E-state index < -0.39 is 47.6 Å². The molecule has 0 bridgehead atoms. The monoisotopic (exact) mass is 512 g/mol. The predicted octanol–water partition coefficient (Wildman–Crippen LogP) is 4.14. The number of alkyl carbamates (subject to hydrolysis) is 1. The van der Waals surface area contributed by atoms with Gasteiger partial charge in [0, 0.05) is 17.5 Å². The second-order valence-electron chi connectivity index (χ2n) is 10.7. The van der Waals surface area contributed by atoms with Gasteiger partial charge < -0.3 is 20.1 Å². The Hall–Kier alpha value is -3.56. The highest BCUT2D eigenvalue weighted by Gasteiger charge is 2.38. The van der Waals surface area contributed by atoms with Crippen molar-refractivity contribution in [3.63, 3.8) is 0 Å².